The van der Waals surface area contributed by atoms with Gasteiger partial charge in [0.05, 0.1) is 13.2 Å². The van der Waals surface area contributed by atoms with Crippen LogP contribution in [0.1, 0.15) is 162 Å². The molecule has 6 N–H and O–H groups in total. The van der Waals surface area contributed by atoms with Crippen molar-refractivity contribution in [1.82, 2.24) is 0 Å². The monoisotopic (exact) mass is 805 g/mol. The fourth-order valence-electron chi connectivity index (χ4n) is 6.25. The van der Waals surface area contributed by atoms with Crippen LogP contribution in [0.2, 0.25) is 0 Å². The summed E-state index contributed by atoms with van der Waals surface area (Å²) in [7, 11) is -5.02. The lowest BCUT2D eigenvalue weighted by molar-refractivity contribution is -0.220. The molecule has 0 aromatic carbocycles. The number of carbonyl (C=O) groups is 1. The average molecular weight is 805 g/mol. The van der Waals surface area contributed by atoms with Crippen LogP contribution in [0.3, 0.4) is 0 Å². The van der Waals surface area contributed by atoms with Gasteiger partial charge in [-0.1, -0.05) is 127 Å². The summed E-state index contributed by atoms with van der Waals surface area (Å²) in [5.74, 6) is -0.495. The van der Waals surface area contributed by atoms with E-state index in [2.05, 4.69) is 50.3 Å². The predicted octanol–water partition coefficient (Wildman–Crippen LogP) is 7.92. The van der Waals surface area contributed by atoms with Gasteiger partial charge in [-0.3, -0.25) is 13.8 Å². The Balaban J connectivity index is 2.45. The highest BCUT2D eigenvalue weighted by Gasteiger charge is 2.51. The molecule has 1 aliphatic carbocycles. The highest BCUT2D eigenvalue weighted by atomic mass is 31.2. The number of aliphatic hydroxyl groups excluding tert-OH is 5. The summed E-state index contributed by atoms with van der Waals surface area (Å²) >= 11 is 0. The quantitative estimate of drug-likeness (QED) is 0.0157. The number of rotatable bonds is 35. The number of esters is 1. The normalized spacial score (nSPS) is 23.6. The Morgan fingerprint density at radius 2 is 1.04 bits per heavy atom. The van der Waals surface area contributed by atoms with E-state index >= 15 is 0 Å². The molecule has 0 heterocycles. The number of aliphatic hydroxyl groups is 5. The van der Waals surface area contributed by atoms with Gasteiger partial charge in [-0.05, 0) is 64.2 Å². The van der Waals surface area contributed by atoms with E-state index in [9.17, 15) is 39.8 Å². The molecule has 0 aromatic heterocycles. The van der Waals surface area contributed by atoms with Gasteiger partial charge in [0.2, 0.25) is 0 Å². The molecule has 1 aliphatic rings. The maximum atomic E-state index is 12.8. The summed E-state index contributed by atoms with van der Waals surface area (Å²) in [4.78, 5) is 23.1. The van der Waals surface area contributed by atoms with Gasteiger partial charge in [0.1, 0.15) is 42.7 Å². The van der Waals surface area contributed by atoms with Crippen LogP contribution in [0, 0.1) is 0 Å². The number of hydrogen-bond acceptors (Lipinski definition) is 11. The molecule has 0 aliphatic heterocycles. The summed E-state index contributed by atoms with van der Waals surface area (Å²) < 4.78 is 34.0. The van der Waals surface area contributed by atoms with Crippen molar-refractivity contribution in [2.45, 2.75) is 204 Å². The predicted molar refractivity (Wildman–Crippen MR) is 216 cm³/mol. The number of carbonyl (C=O) groups excluding carboxylic acids is 1. The Morgan fingerprint density at radius 1 is 0.582 bits per heavy atom. The molecule has 0 amide bonds. The second kappa shape index (κ2) is 33.5. The SMILES string of the molecule is CCCC/C=C\CCCCCCCCOCC(COP(=O)(O)OC1C(O)C(O)C(O)C(O)C1O)OC(=O)CCCCCCC/C=C\C/C=C\CCCCCC. The van der Waals surface area contributed by atoms with Crippen molar-refractivity contribution >= 4 is 13.8 Å². The minimum absolute atomic E-state index is 0.0866. The molecule has 1 rings (SSSR count). The van der Waals surface area contributed by atoms with E-state index in [4.69, 9.17) is 18.5 Å². The molecule has 0 aromatic rings. The van der Waals surface area contributed by atoms with E-state index < -0.39 is 63.1 Å². The zero-order valence-corrected chi connectivity index (χ0v) is 34.9. The third kappa shape index (κ3) is 26.2. The average Bonchev–Trinajstić information content (AvgIpc) is 3.17. The van der Waals surface area contributed by atoms with Crippen molar-refractivity contribution in [3.8, 4) is 0 Å². The van der Waals surface area contributed by atoms with E-state index in [-0.39, 0.29) is 13.0 Å². The summed E-state index contributed by atoms with van der Waals surface area (Å²) in [6.07, 6.45) is 25.0. The molecule has 1 saturated carbocycles. The van der Waals surface area contributed by atoms with E-state index in [1.165, 1.54) is 51.4 Å². The van der Waals surface area contributed by atoms with Crippen molar-refractivity contribution in [3.63, 3.8) is 0 Å². The summed E-state index contributed by atoms with van der Waals surface area (Å²) in [5.41, 5.74) is 0. The maximum Gasteiger partial charge on any atom is 0.472 e. The molecular formula is C42H77O12P. The Hall–Kier alpha value is -1.44. The van der Waals surface area contributed by atoms with E-state index in [0.717, 1.165) is 83.5 Å². The molecule has 0 bridgehead atoms. The highest BCUT2D eigenvalue weighted by molar-refractivity contribution is 7.47. The first-order valence-electron chi connectivity index (χ1n) is 21.3. The maximum absolute atomic E-state index is 12.8. The van der Waals surface area contributed by atoms with Crippen LogP contribution in [0.25, 0.3) is 0 Å². The lowest BCUT2D eigenvalue weighted by Gasteiger charge is -2.41. The van der Waals surface area contributed by atoms with Crippen LogP contribution in [-0.4, -0.2) is 98.9 Å². The lowest BCUT2D eigenvalue weighted by Crippen LogP contribution is -2.64. The third-order valence-corrected chi connectivity index (χ3v) is 10.7. The van der Waals surface area contributed by atoms with Crippen molar-refractivity contribution in [1.29, 1.82) is 0 Å². The minimum Gasteiger partial charge on any atom is -0.457 e. The Kier molecular flexibility index (Phi) is 31.4. The van der Waals surface area contributed by atoms with Crippen molar-refractivity contribution in [2.75, 3.05) is 19.8 Å². The van der Waals surface area contributed by atoms with Gasteiger partial charge < -0.3 is 39.9 Å². The number of unbranched alkanes of at least 4 members (excludes halogenated alkanes) is 17. The van der Waals surface area contributed by atoms with Crippen LogP contribution in [0.5, 0.6) is 0 Å². The lowest BCUT2D eigenvalue weighted by atomic mass is 9.85. The molecule has 13 heteroatoms. The van der Waals surface area contributed by atoms with Gasteiger partial charge in [0.15, 0.2) is 0 Å². The van der Waals surface area contributed by atoms with Crippen LogP contribution in [0.4, 0.5) is 0 Å². The van der Waals surface area contributed by atoms with Gasteiger partial charge in [-0.15, -0.1) is 0 Å². The van der Waals surface area contributed by atoms with Gasteiger partial charge in [-0.2, -0.15) is 0 Å². The number of hydrogen-bond donors (Lipinski definition) is 6. The Labute approximate surface area is 332 Å². The topological polar surface area (TPSA) is 192 Å². The first-order valence-corrected chi connectivity index (χ1v) is 22.8. The molecule has 0 spiro atoms. The van der Waals surface area contributed by atoms with Gasteiger partial charge in [-0.25, -0.2) is 4.57 Å². The molecule has 12 nitrogen and oxygen atoms in total. The van der Waals surface area contributed by atoms with Gasteiger partial charge in [0.25, 0.3) is 0 Å². The van der Waals surface area contributed by atoms with Crippen LogP contribution >= 0.6 is 7.82 Å². The second-order valence-electron chi connectivity index (χ2n) is 14.8. The zero-order chi connectivity index (χ0) is 40.6. The zero-order valence-electron chi connectivity index (χ0n) is 34.0. The van der Waals surface area contributed by atoms with Crippen molar-refractivity contribution in [3.05, 3.63) is 36.5 Å². The molecule has 0 radical (unpaired) electrons. The Bertz CT molecular complexity index is 1050. The largest absolute Gasteiger partial charge is 0.472 e. The van der Waals surface area contributed by atoms with Crippen LogP contribution < -0.4 is 0 Å². The number of phosphoric acid groups is 1. The Morgan fingerprint density at radius 3 is 1.60 bits per heavy atom. The van der Waals surface area contributed by atoms with Crippen molar-refractivity contribution in [2.24, 2.45) is 0 Å². The number of phosphoric ester groups is 1. The minimum atomic E-state index is -5.02. The summed E-state index contributed by atoms with van der Waals surface area (Å²) in [5, 5.41) is 50.0. The molecule has 1 fully saturated rings. The molecular weight excluding hydrogens is 727 g/mol. The highest BCUT2D eigenvalue weighted by Crippen LogP contribution is 2.47. The summed E-state index contributed by atoms with van der Waals surface area (Å²) in [6, 6.07) is 0. The van der Waals surface area contributed by atoms with E-state index in [1.807, 2.05) is 0 Å². The molecule has 322 valence electrons. The molecule has 55 heavy (non-hydrogen) atoms. The summed E-state index contributed by atoms with van der Waals surface area (Å²) in [6.45, 7) is 4.16. The van der Waals surface area contributed by atoms with Gasteiger partial charge >= 0.3 is 13.8 Å². The van der Waals surface area contributed by atoms with Gasteiger partial charge in [0, 0.05) is 13.0 Å². The smallest absolute Gasteiger partial charge is 0.457 e. The standard InChI is InChI=1S/C42H77O12P/c1-3-5-7-9-11-13-15-17-18-19-20-21-23-25-27-29-31-36(43)53-35(33-51-32-30-28-26-24-22-16-14-12-10-8-6-4-2)34-52-55(49,50)54-42-40(47)38(45)37(44)39(46)41(42)48/h10,12-13,15,18-19,35,37-42,44-48H,3-9,11,14,16-17,20-34H2,1-2H3,(H,49,50)/b12-10-,15-13-,19-18-. The second-order valence-corrected chi connectivity index (χ2v) is 16.2. The first-order chi connectivity index (χ1) is 26.5. The third-order valence-electron chi connectivity index (χ3n) is 9.74. The van der Waals surface area contributed by atoms with Crippen LogP contribution in [0.15, 0.2) is 36.5 Å². The first kappa shape index (κ1) is 51.6. The fraction of sp³-hybridized carbons (Fsp3) is 0.833. The number of ether oxygens (including phenoxy) is 2. The number of allylic oxidation sites excluding steroid dienone is 6. The molecule has 0 saturated heterocycles. The molecule has 6 unspecified atom stereocenters. The fourth-order valence-corrected chi connectivity index (χ4v) is 7.22. The van der Waals surface area contributed by atoms with Crippen molar-refractivity contribution < 1.29 is 58.3 Å². The van der Waals surface area contributed by atoms with E-state index in [1.54, 1.807) is 0 Å². The van der Waals surface area contributed by atoms with Crippen LogP contribution in [-0.2, 0) is 27.9 Å². The van der Waals surface area contributed by atoms with E-state index in [0.29, 0.717) is 13.0 Å². The molecule has 6 atom stereocenters.